The zero-order valence-corrected chi connectivity index (χ0v) is 21.4. The van der Waals surface area contributed by atoms with E-state index in [1.54, 1.807) is 11.8 Å². The first-order valence-electron chi connectivity index (χ1n) is 12.9. The predicted octanol–water partition coefficient (Wildman–Crippen LogP) is 4.60. The van der Waals surface area contributed by atoms with Gasteiger partial charge in [0.15, 0.2) is 11.4 Å². The van der Waals surface area contributed by atoms with Gasteiger partial charge < -0.3 is 14.8 Å². The molecule has 2 aliphatic rings. The summed E-state index contributed by atoms with van der Waals surface area (Å²) in [5.74, 6) is 2.63. The summed E-state index contributed by atoms with van der Waals surface area (Å²) in [7, 11) is 1.64. The molecule has 1 saturated carbocycles. The maximum absolute atomic E-state index is 12.7. The number of carbonyl (C=O) groups excluding carboxylic acids is 1. The molecule has 10 nitrogen and oxygen atoms in total. The lowest BCUT2D eigenvalue weighted by Crippen LogP contribution is -2.19. The van der Waals surface area contributed by atoms with E-state index in [-0.39, 0.29) is 17.9 Å². The molecule has 6 rings (SSSR count). The Morgan fingerprint density at radius 2 is 2.00 bits per heavy atom. The normalized spacial score (nSPS) is 17.8. The Bertz CT molecular complexity index is 1460. The van der Waals surface area contributed by atoms with Crippen LogP contribution >= 0.6 is 0 Å². The first kappa shape index (κ1) is 23.6. The molecule has 1 atom stereocenters. The summed E-state index contributed by atoms with van der Waals surface area (Å²) >= 11 is 0. The summed E-state index contributed by atoms with van der Waals surface area (Å²) in [6.45, 7) is 4.60. The van der Waals surface area contributed by atoms with E-state index in [9.17, 15) is 4.79 Å². The van der Waals surface area contributed by atoms with Gasteiger partial charge in [0, 0.05) is 18.9 Å². The van der Waals surface area contributed by atoms with Gasteiger partial charge in [-0.05, 0) is 64.2 Å². The Morgan fingerprint density at radius 3 is 2.70 bits per heavy atom. The van der Waals surface area contributed by atoms with Crippen molar-refractivity contribution in [2.24, 2.45) is 5.92 Å². The third-order valence-corrected chi connectivity index (χ3v) is 7.12. The van der Waals surface area contributed by atoms with Crippen LogP contribution in [0.1, 0.15) is 55.7 Å². The lowest BCUT2D eigenvalue weighted by Gasteiger charge is -2.25. The Balaban J connectivity index is 1.46. The van der Waals surface area contributed by atoms with E-state index in [0.717, 1.165) is 84.3 Å². The van der Waals surface area contributed by atoms with E-state index in [2.05, 4.69) is 20.0 Å². The number of methoxy groups -OCH3 is 1. The topological polar surface area (TPSA) is 109 Å². The highest BCUT2D eigenvalue weighted by Gasteiger charge is 2.30. The molecule has 1 unspecified atom stereocenters. The zero-order valence-electron chi connectivity index (χ0n) is 21.4. The van der Waals surface area contributed by atoms with E-state index in [0.29, 0.717) is 12.2 Å². The van der Waals surface area contributed by atoms with Gasteiger partial charge in [-0.15, -0.1) is 0 Å². The minimum atomic E-state index is -0.110. The first-order valence-corrected chi connectivity index (χ1v) is 12.9. The van der Waals surface area contributed by atoms with Crippen LogP contribution in [0.25, 0.3) is 16.9 Å². The average Bonchev–Trinajstić information content (AvgIpc) is 3.59. The fourth-order valence-electron chi connectivity index (χ4n) is 5.10. The number of aryl methyl sites for hydroxylation is 2. The van der Waals surface area contributed by atoms with Crippen molar-refractivity contribution in [2.75, 3.05) is 19.0 Å². The van der Waals surface area contributed by atoms with E-state index in [1.807, 2.05) is 38.1 Å². The first-order chi connectivity index (χ1) is 18.0. The second kappa shape index (κ2) is 9.59. The van der Waals surface area contributed by atoms with Gasteiger partial charge >= 0.3 is 0 Å². The number of rotatable bonds is 8. The van der Waals surface area contributed by atoms with Gasteiger partial charge in [0.25, 0.3) is 0 Å². The minimum Gasteiger partial charge on any atom is -0.492 e. The molecule has 1 N–H and O–H groups in total. The van der Waals surface area contributed by atoms with Crippen molar-refractivity contribution in [1.29, 1.82) is 0 Å². The fourth-order valence-corrected chi connectivity index (χ4v) is 5.10. The van der Waals surface area contributed by atoms with Crippen molar-refractivity contribution in [3.8, 4) is 11.4 Å². The summed E-state index contributed by atoms with van der Waals surface area (Å²) in [6, 6.07) is 7.77. The van der Waals surface area contributed by atoms with Crippen molar-refractivity contribution in [1.82, 2.24) is 29.3 Å². The summed E-state index contributed by atoms with van der Waals surface area (Å²) in [6.07, 6.45) is 6.74. The van der Waals surface area contributed by atoms with Crippen LogP contribution in [0.2, 0.25) is 0 Å². The number of para-hydroxylation sites is 1. The number of aromatic nitrogens is 6. The van der Waals surface area contributed by atoms with Crippen LogP contribution in [-0.2, 0) is 16.0 Å². The lowest BCUT2D eigenvalue weighted by atomic mass is 10.1. The number of benzene rings is 1. The molecule has 0 bridgehead atoms. The second-order valence-electron chi connectivity index (χ2n) is 9.80. The zero-order chi connectivity index (χ0) is 25.5. The number of ketones is 1. The average molecular weight is 502 g/mol. The van der Waals surface area contributed by atoms with Crippen molar-refractivity contribution >= 4 is 28.3 Å². The predicted molar refractivity (Wildman–Crippen MR) is 138 cm³/mol. The number of imidazole rings is 1. The van der Waals surface area contributed by atoms with Crippen molar-refractivity contribution in [2.45, 2.75) is 58.6 Å². The highest BCUT2D eigenvalue weighted by Crippen LogP contribution is 2.38. The molecular formula is C27H31N7O3. The molecule has 0 spiro atoms. The summed E-state index contributed by atoms with van der Waals surface area (Å²) in [4.78, 5) is 26.8. The quantitative estimate of drug-likeness (QED) is 0.373. The van der Waals surface area contributed by atoms with Crippen molar-refractivity contribution in [3.63, 3.8) is 0 Å². The van der Waals surface area contributed by atoms with E-state index in [1.165, 1.54) is 6.33 Å². The lowest BCUT2D eigenvalue weighted by molar-refractivity contribution is -0.119. The molecule has 0 amide bonds. The number of nitrogens with one attached hydrogen (secondary N) is 1. The van der Waals surface area contributed by atoms with Crippen LogP contribution in [0.15, 0.2) is 30.6 Å². The molecule has 4 heterocycles. The van der Waals surface area contributed by atoms with E-state index >= 15 is 0 Å². The van der Waals surface area contributed by atoms with Crippen molar-refractivity contribution < 1.29 is 14.3 Å². The SMILES string of the molecule is COc1c(Nc2cc(CC(=O)C3CC3)nc3c2nc(C)n3C2CCCCO2)cccc1-n1ncnc1C. The molecule has 1 aliphatic carbocycles. The Morgan fingerprint density at radius 1 is 1.14 bits per heavy atom. The third-order valence-electron chi connectivity index (χ3n) is 7.12. The molecule has 4 aromatic rings. The summed E-state index contributed by atoms with van der Waals surface area (Å²) < 4.78 is 15.8. The largest absolute Gasteiger partial charge is 0.492 e. The maximum Gasteiger partial charge on any atom is 0.168 e. The summed E-state index contributed by atoms with van der Waals surface area (Å²) in [5.41, 5.74) is 4.49. The molecule has 1 aliphatic heterocycles. The maximum atomic E-state index is 12.7. The number of hydrogen-bond donors (Lipinski definition) is 1. The molecular weight excluding hydrogens is 470 g/mol. The van der Waals surface area contributed by atoms with Crippen LogP contribution in [0.4, 0.5) is 11.4 Å². The number of anilines is 2. The molecule has 0 radical (unpaired) electrons. The molecule has 37 heavy (non-hydrogen) atoms. The Hall–Kier alpha value is -3.79. The highest BCUT2D eigenvalue weighted by atomic mass is 16.5. The standard InChI is InChI=1S/C27H31N7O3/c1-16-28-15-29-34(16)22-8-6-7-20(26(22)36-3)32-21-13-19(14-23(35)18-10-11-18)31-27-25(21)30-17(2)33(27)24-9-4-5-12-37-24/h6-8,13,15,18,24H,4-5,9-12,14H2,1-3H3,(H,31,32). The number of ether oxygens (including phenoxy) is 2. The third kappa shape index (κ3) is 4.46. The van der Waals surface area contributed by atoms with Gasteiger partial charge in [-0.1, -0.05) is 6.07 Å². The van der Waals surface area contributed by atoms with Crippen LogP contribution in [0, 0.1) is 19.8 Å². The molecule has 1 aromatic carbocycles. The smallest absolute Gasteiger partial charge is 0.168 e. The van der Waals surface area contributed by atoms with Crippen LogP contribution in [-0.4, -0.2) is 48.8 Å². The van der Waals surface area contributed by atoms with E-state index < -0.39 is 0 Å². The van der Waals surface area contributed by atoms with Gasteiger partial charge in [0.2, 0.25) is 0 Å². The fraction of sp³-hybridized carbons (Fsp3) is 0.444. The number of Topliss-reactive ketones (excluding diaryl/α,β-unsaturated/α-hetero) is 1. The number of fused-ring (bicyclic) bond motifs is 1. The minimum absolute atomic E-state index is 0.110. The van der Waals surface area contributed by atoms with Gasteiger partial charge in [-0.2, -0.15) is 5.10 Å². The highest BCUT2D eigenvalue weighted by molar-refractivity contribution is 5.92. The number of hydrogen-bond acceptors (Lipinski definition) is 8. The molecule has 3 aromatic heterocycles. The number of carbonyl (C=O) groups is 1. The van der Waals surface area contributed by atoms with Crippen molar-refractivity contribution in [3.05, 3.63) is 47.9 Å². The van der Waals surface area contributed by atoms with Gasteiger partial charge in [0.05, 0.1) is 24.2 Å². The number of pyridine rings is 1. The van der Waals surface area contributed by atoms with E-state index in [4.69, 9.17) is 19.4 Å². The van der Waals surface area contributed by atoms with Gasteiger partial charge in [-0.25, -0.2) is 19.6 Å². The Labute approximate surface area is 215 Å². The second-order valence-corrected chi connectivity index (χ2v) is 9.80. The monoisotopic (exact) mass is 501 g/mol. The summed E-state index contributed by atoms with van der Waals surface area (Å²) in [5, 5.41) is 7.89. The van der Waals surface area contributed by atoms with Crippen LogP contribution < -0.4 is 10.1 Å². The van der Waals surface area contributed by atoms with Crippen LogP contribution in [0.5, 0.6) is 5.75 Å². The van der Waals surface area contributed by atoms with Crippen LogP contribution in [0.3, 0.4) is 0 Å². The molecule has 10 heteroatoms. The molecule has 1 saturated heterocycles. The number of nitrogens with zero attached hydrogens (tertiary/aromatic N) is 6. The van der Waals surface area contributed by atoms with Gasteiger partial charge in [0.1, 0.15) is 41.2 Å². The Kier molecular flexibility index (Phi) is 6.11. The van der Waals surface area contributed by atoms with Gasteiger partial charge in [-0.3, -0.25) is 9.36 Å². The molecule has 2 fully saturated rings. The molecule has 192 valence electrons.